The summed E-state index contributed by atoms with van der Waals surface area (Å²) >= 11 is -1.46. The van der Waals surface area contributed by atoms with Gasteiger partial charge in [-0.15, -0.1) is 0 Å². The van der Waals surface area contributed by atoms with E-state index in [2.05, 4.69) is 0 Å². The number of methoxy groups -OCH3 is 2. The molecular weight excluding hydrogens is 306 g/mol. The quantitative estimate of drug-likeness (QED) is 0.551. The molecule has 0 amide bonds. The summed E-state index contributed by atoms with van der Waals surface area (Å²) in [6.45, 7) is 3.86. The third kappa shape index (κ3) is 5.86. The van der Waals surface area contributed by atoms with Gasteiger partial charge in [0.25, 0.3) is 0 Å². The molecule has 0 aliphatic heterocycles. The smallest absolute Gasteiger partial charge is 0.188 e. The maximum atomic E-state index is 11.5. The van der Waals surface area contributed by atoms with Gasteiger partial charge in [0, 0.05) is 37.2 Å². The van der Waals surface area contributed by atoms with Crippen LogP contribution in [0.1, 0.15) is 19.4 Å². The van der Waals surface area contributed by atoms with Crippen LogP contribution in [0.5, 0.6) is 11.5 Å². The average Bonchev–Trinajstić information content (AvgIpc) is 2.49. The summed E-state index contributed by atoms with van der Waals surface area (Å²) in [4.78, 5) is 0. The number of hydrogen-bond acceptors (Lipinski definition) is 6. The molecule has 7 heteroatoms. The number of rotatable bonds is 9. The van der Waals surface area contributed by atoms with E-state index in [1.54, 1.807) is 46.3 Å². The van der Waals surface area contributed by atoms with E-state index in [0.717, 1.165) is 5.56 Å². The lowest BCUT2D eigenvalue weighted by Gasteiger charge is -2.20. The van der Waals surface area contributed by atoms with Crippen LogP contribution in [0.3, 0.4) is 0 Å². The third-order valence-electron chi connectivity index (χ3n) is 2.84. The largest absolute Gasteiger partial charge is 0.598 e. The first-order chi connectivity index (χ1) is 10.4. The van der Waals surface area contributed by atoms with Crippen LogP contribution in [-0.2, 0) is 20.8 Å². The van der Waals surface area contributed by atoms with Crippen LogP contribution < -0.4 is 14.6 Å². The van der Waals surface area contributed by atoms with Gasteiger partial charge in [-0.3, -0.25) is 0 Å². The third-order valence-corrected chi connectivity index (χ3v) is 4.02. The fraction of sp³-hybridized carbons (Fsp3) is 0.467. The van der Waals surface area contributed by atoms with Crippen LogP contribution in [-0.4, -0.2) is 37.1 Å². The number of benzene rings is 1. The molecule has 0 bridgehead atoms. The Morgan fingerprint density at radius 2 is 1.82 bits per heavy atom. The monoisotopic (exact) mass is 329 g/mol. The number of nitrogens with two attached hydrogens (primary N) is 1. The topological polar surface area (TPSA) is 86.0 Å². The van der Waals surface area contributed by atoms with Gasteiger partial charge in [0.2, 0.25) is 0 Å². The van der Waals surface area contributed by atoms with Crippen LogP contribution in [0.4, 0.5) is 0 Å². The van der Waals surface area contributed by atoms with Gasteiger partial charge in [-0.2, -0.15) is 5.14 Å². The SMILES string of the molecule is COCOc1ccc(/C=C/C(C)(C)[S+](N)[O-])c(OCOC)c1. The summed E-state index contributed by atoms with van der Waals surface area (Å²) in [5.41, 5.74) is 0.806. The zero-order valence-electron chi connectivity index (χ0n) is 13.3. The van der Waals surface area contributed by atoms with Crippen molar-refractivity contribution in [3.8, 4) is 11.5 Å². The van der Waals surface area contributed by atoms with Crippen molar-refractivity contribution in [2.24, 2.45) is 5.14 Å². The Labute approximate surface area is 134 Å². The molecule has 0 spiro atoms. The summed E-state index contributed by atoms with van der Waals surface area (Å²) in [6.07, 6.45) is 3.60. The minimum Gasteiger partial charge on any atom is -0.598 e. The van der Waals surface area contributed by atoms with E-state index in [1.165, 1.54) is 0 Å². The first-order valence-corrected chi connectivity index (χ1v) is 7.85. The van der Waals surface area contributed by atoms with Crippen LogP contribution in [0.15, 0.2) is 24.3 Å². The van der Waals surface area contributed by atoms with Crippen LogP contribution in [0, 0.1) is 0 Å². The molecule has 0 saturated heterocycles. The van der Waals surface area contributed by atoms with Gasteiger partial charge in [0.15, 0.2) is 18.3 Å². The molecule has 0 heterocycles. The zero-order valence-corrected chi connectivity index (χ0v) is 14.1. The zero-order chi connectivity index (χ0) is 16.6. The fourth-order valence-electron chi connectivity index (χ4n) is 1.47. The molecule has 0 aliphatic rings. The van der Waals surface area contributed by atoms with Crippen LogP contribution >= 0.6 is 0 Å². The Balaban J connectivity index is 2.98. The molecule has 124 valence electrons. The second kappa shape index (κ2) is 9.02. The van der Waals surface area contributed by atoms with Crippen molar-refractivity contribution in [3.05, 3.63) is 29.8 Å². The van der Waals surface area contributed by atoms with E-state index in [-0.39, 0.29) is 13.6 Å². The lowest BCUT2D eigenvalue weighted by atomic mass is 10.1. The molecule has 0 aromatic heterocycles. The van der Waals surface area contributed by atoms with Crippen molar-refractivity contribution in [3.63, 3.8) is 0 Å². The van der Waals surface area contributed by atoms with E-state index >= 15 is 0 Å². The predicted octanol–water partition coefficient (Wildman–Crippen LogP) is 2.07. The minimum absolute atomic E-state index is 0.112. The Kier molecular flexibility index (Phi) is 7.70. The predicted molar refractivity (Wildman–Crippen MR) is 86.9 cm³/mol. The molecule has 1 atom stereocenters. The van der Waals surface area contributed by atoms with Gasteiger partial charge in [-0.25, -0.2) is 0 Å². The maximum absolute atomic E-state index is 11.5. The first-order valence-electron chi connectivity index (χ1n) is 6.63. The highest BCUT2D eigenvalue weighted by atomic mass is 32.2. The average molecular weight is 329 g/mol. The number of ether oxygens (including phenoxy) is 4. The summed E-state index contributed by atoms with van der Waals surface area (Å²) < 4.78 is 31.5. The van der Waals surface area contributed by atoms with Gasteiger partial charge in [-0.1, -0.05) is 0 Å². The molecule has 1 rings (SSSR count). The summed E-state index contributed by atoms with van der Waals surface area (Å²) in [7, 11) is 3.09. The lowest BCUT2D eigenvalue weighted by Crippen LogP contribution is -2.35. The molecule has 0 saturated carbocycles. The van der Waals surface area contributed by atoms with Crippen molar-refractivity contribution >= 4 is 17.4 Å². The Hall–Kier alpha value is -1.25. The summed E-state index contributed by atoms with van der Waals surface area (Å²) in [5.74, 6) is 1.21. The molecule has 1 aromatic carbocycles. The molecule has 1 unspecified atom stereocenters. The van der Waals surface area contributed by atoms with Crippen LogP contribution in [0.25, 0.3) is 6.08 Å². The van der Waals surface area contributed by atoms with Crippen molar-refractivity contribution in [1.29, 1.82) is 0 Å². The molecule has 0 aliphatic carbocycles. The van der Waals surface area contributed by atoms with E-state index in [0.29, 0.717) is 11.5 Å². The van der Waals surface area contributed by atoms with Crippen molar-refractivity contribution < 1.29 is 23.5 Å². The molecule has 0 fully saturated rings. The second-order valence-electron chi connectivity index (χ2n) is 5.04. The van der Waals surface area contributed by atoms with Crippen LogP contribution in [0.2, 0.25) is 0 Å². The minimum atomic E-state index is -1.46. The molecule has 22 heavy (non-hydrogen) atoms. The molecule has 2 N–H and O–H groups in total. The van der Waals surface area contributed by atoms with Gasteiger partial charge in [-0.05, 0) is 38.1 Å². The number of hydrogen-bond donors (Lipinski definition) is 1. The van der Waals surface area contributed by atoms with Crippen molar-refractivity contribution in [2.75, 3.05) is 27.8 Å². The van der Waals surface area contributed by atoms with Gasteiger partial charge in [0.1, 0.15) is 11.5 Å². The standard InChI is InChI=1S/C15H23NO5S/c1-15(2,22(16)17)8-7-12-5-6-13(20-10-18-3)9-14(12)21-11-19-4/h5-9H,10-11,16H2,1-4H3/b8-7+. The summed E-state index contributed by atoms with van der Waals surface area (Å²) in [6, 6.07) is 5.37. The molecule has 1 aromatic rings. The second-order valence-corrected chi connectivity index (χ2v) is 6.68. The lowest BCUT2D eigenvalue weighted by molar-refractivity contribution is 0.0459. The highest BCUT2D eigenvalue weighted by Crippen LogP contribution is 2.28. The first kappa shape index (κ1) is 18.8. The van der Waals surface area contributed by atoms with E-state index < -0.39 is 16.1 Å². The Morgan fingerprint density at radius 1 is 1.18 bits per heavy atom. The van der Waals surface area contributed by atoms with Gasteiger partial charge < -0.3 is 23.5 Å². The Morgan fingerprint density at radius 3 is 2.41 bits per heavy atom. The normalized spacial score (nSPS) is 13.4. The van der Waals surface area contributed by atoms with Gasteiger partial charge in [0.05, 0.1) is 0 Å². The fourth-order valence-corrected chi connectivity index (χ4v) is 1.68. The molecular formula is C15H23NO5S. The highest BCUT2D eigenvalue weighted by Gasteiger charge is 2.26. The Bertz CT molecular complexity index is 491. The van der Waals surface area contributed by atoms with Gasteiger partial charge >= 0.3 is 0 Å². The van der Waals surface area contributed by atoms with Crippen molar-refractivity contribution in [2.45, 2.75) is 18.6 Å². The van der Waals surface area contributed by atoms with Crippen molar-refractivity contribution in [1.82, 2.24) is 0 Å². The summed E-state index contributed by atoms with van der Waals surface area (Å²) in [5, 5.41) is 5.47. The highest BCUT2D eigenvalue weighted by molar-refractivity contribution is 7.90. The maximum Gasteiger partial charge on any atom is 0.188 e. The van der Waals surface area contributed by atoms with E-state index in [1.807, 2.05) is 12.1 Å². The van der Waals surface area contributed by atoms with E-state index in [9.17, 15) is 4.55 Å². The molecule has 6 nitrogen and oxygen atoms in total. The van der Waals surface area contributed by atoms with E-state index in [4.69, 9.17) is 24.1 Å². The molecule has 0 radical (unpaired) electrons.